The van der Waals surface area contributed by atoms with Crippen LogP contribution in [0.3, 0.4) is 0 Å². The van der Waals surface area contributed by atoms with E-state index < -0.39 is 0 Å². The maximum atomic E-state index is 10.4. The number of aryl methyl sites for hydroxylation is 2. The minimum absolute atomic E-state index is 0.237. The number of aliphatic hydroxyl groups excluding tert-OH is 1. The van der Waals surface area contributed by atoms with E-state index in [1.54, 1.807) is 18.6 Å². The number of nitrogens with zero attached hydrogens (tertiary/aromatic N) is 4. The minimum Gasteiger partial charge on any atom is -0.391 e. The van der Waals surface area contributed by atoms with Crippen molar-refractivity contribution in [3.63, 3.8) is 0 Å². The molecular formula is C17H22N4OS. The van der Waals surface area contributed by atoms with Gasteiger partial charge in [-0.2, -0.15) is 0 Å². The van der Waals surface area contributed by atoms with E-state index in [1.807, 2.05) is 11.3 Å². The molecule has 1 saturated heterocycles. The van der Waals surface area contributed by atoms with Crippen molar-refractivity contribution in [2.75, 3.05) is 13.1 Å². The largest absolute Gasteiger partial charge is 0.391 e. The highest BCUT2D eigenvalue weighted by molar-refractivity contribution is 7.11. The molecule has 2 aliphatic rings. The molecule has 6 heteroatoms. The fourth-order valence-electron chi connectivity index (χ4n) is 3.64. The molecule has 0 radical (unpaired) electrons. The van der Waals surface area contributed by atoms with E-state index in [1.165, 1.54) is 34.8 Å². The summed E-state index contributed by atoms with van der Waals surface area (Å²) in [6.07, 6.45) is 10.6. The molecular weight excluding hydrogens is 308 g/mol. The van der Waals surface area contributed by atoms with Gasteiger partial charge in [0, 0.05) is 42.5 Å². The van der Waals surface area contributed by atoms with Gasteiger partial charge in [-0.3, -0.25) is 14.9 Å². The monoisotopic (exact) mass is 330 g/mol. The molecule has 122 valence electrons. The Bertz CT molecular complexity index is 636. The van der Waals surface area contributed by atoms with Gasteiger partial charge < -0.3 is 5.11 Å². The van der Waals surface area contributed by atoms with Gasteiger partial charge in [-0.25, -0.2) is 4.98 Å². The maximum Gasteiger partial charge on any atom is 0.107 e. The molecule has 0 aromatic carbocycles. The van der Waals surface area contributed by atoms with Gasteiger partial charge in [-0.05, 0) is 32.1 Å². The van der Waals surface area contributed by atoms with Gasteiger partial charge in [0.05, 0.1) is 24.0 Å². The molecule has 3 heterocycles. The Hall–Kier alpha value is -1.37. The summed E-state index contributed by atoms with van der Waals surface area (Å²) in [4.78, 5) is 17.1. The zero-order valence-corrected chi connectivity index (χ0v) is 14.0. The lowest BCUT2D eigenvalue weighted by Crippen LogP contribution is -2.21. The maximum absolute atomic E-state index is 10.4. The molecule has 23 heavy (non-hydrogen) atoms. The van der Waals surface area contributed by atoms with Crippen LogP contribution in [0.15, 0.2) is 18.6 Å². The molecule has 1 aliphatic carbocycles. The fraction of sp³-hybridized carbons (Fsp3) is 0.588. The fourth-order valence-corrected chi connectivity index (χ4v) is 4.84. The summed E-state index contributed by atoms with van der Waals surface area (Å²) in [5.41, 5.74) is 2.29. The van der Waals surface area contributed by atoms with Crippen LogP contribution in [0.1, 0.15) is 34.1 Å². The van der Waals surface area contributed by atoms with Gasteiger partial charge in [-0.15, -0.1) is 11.3 Å². The SMILES string of the molecule is O[C@@H]1CN(Cc2nc3c(s2)CCCC3)C[C@H]1Cc1cnccn1. The molecule has 1 N–H and O–H groups in total. The number of rotatable bonds is 4. The number of hydrogen-bond donors (Lipinski definition) is 1. The predicted molar refractivity (Wildman–Crippen MR) is 89.3 cm³/mol. The second-order valence-electron chi connectivity index (χ2n) is 6.61. The summed E-state index contributed by atoms with van der Waals surface area (Å²) in [6, 6.07) is 0. The van der Waals surface area contributed by atoms with Crippen LogP contribution in [-0.2, 0) is 25.8 Å². The summed E-state index contributed by atoms with van der Waals surface area (Å²) in [7, 11) is 0. The van der Waals surface area contributed by atoms with Gasteiger partial charge in [0.15, 0.2) is 0 Å². The Balaban J connectivity index is 1.38. The third kappa shape index (κ3) is 3.44. The van der Waals surface area contributed by atoms with Crippen molar-refractivity contribution in [2.24, 2.45) is 5.92 Å². The molecule has 0 amide bonds. The van der Waals surface area contributed by atoms with Gasteiger partial charge in [0.2, 0.25) is 0 Å². The number of likely N-dealkylation sites (tertiary alicyclic amines) is 1. The van der Waals surface area contributed by atoms with Crippen molar-refractivity contribution in [3.05, 3.63) is 39.9 Å². The molecule has 0 saturated carbocycles. The Morgan fingerprint density at radius 3 is 2.96 bits per heavy atom. The third-order valence-corrected chi connectivity index (χ3v) is 5.96. The lowest BCUT2D eigenvalue weighted by molar-refractivity contribution is 0.140. The van der Waals surface area contributed by atoms with Crippen LogP contribution >= 0.6 is 11.3 Å². The highest BCUT2D eigenvalue weighted by Gasteiger charge is 2.32. The lowest BCUT2D eigenvalue weighted by Gasteiger charge is -2.13. The van der Waals surface area contributed by atoms with Crippen LogP contribution in [0.4, 0.5) is 0 Å². The molecule has 2 atom stereocenters. The van der Waals surface area contributed by atoms with Crippen molar-refractivity contribution in [2.45, 2.75) is 44.8 Å². The van der Waals surface area contributed by atoms with Crippen molar-refractivity contribution < 1.29 is 5.11 Å². The Morgan fingerprint density at radius 1 is 1.22 bits per heavy atom. The van der Waals surface area contributed by atoms with E-state index in [2.05, 4.69) is 14.9 Å². The van der Waals surface area contributed by atoms with Crippen molar-refractivity contribution in [1.29, 1.82) is 0 Å². The van der Waals surface area contributed by atoms with Crippen LogP contribution in [0.5, 0.6) is 0 Å². The smallest absolute Gasteiger partial charge is 0.107 e. The van der Waals surface area contributed by atoms with E-state index >= 15 is 0 Å². The topological polar surface area (TPSA) is 62.1 Å². The molecule has 1 fully saturated rings. The van der Waals surface area contributed by atoms with Gasteiger partial charge in [-0.1, -0.05) is 0 Å². The average Bonchev–Trinajstić information content (AvgIpc) is 3.11. The number of hydrogen-bond acceptors (Lipinski definition) is 6. The van der Waals surface area contributed by atoms with Crippen LogP contribution < -0.4 is 0 Å². The van der Waals surface area contributed by atoms with Crippen molar-refractivity contribution >= 4 is 11.3 Å². The van der Waals surface area contributed by atoms with E-state index in [-0.39, 0.29) is 12.0 Å². The highest BCUT2D eigenvalue weighted by Crippen LogP contribution is 2.29. The van der Waals surface area contributed by atoms with Crippen LogP contribution in [0, 0.1) is 5.92 Å². The molecule has 4 rings (SSSR count). The first-order valence-electron chi connectivity index (χ1n) is 8.40. The summed E-state index contributed by atoms with van der Waals surface area (Å²) in [6.45, 7) is 2.50. The second-order valence-corrected chi connectivity index (χ2v) is 7.78. The van der Waals surface area contributed by atoms with Crippen molar-refractivity contribution in [3.8, 4) is 0 Å². The minimum atomic E-state index is -0.286. The number of aliphatic hydroxyl groups is 1. The number of β-amino-alcohol motifs (C(OH)–C–C–N with tert-alkyl or cyclic N) is 1. The van der Waals surface area contributed by atoms with Gasteiger partial charge in [0.25, 0.3) is 0 Å². The number of thiazole rings is 1. The lowest BCUT2D eigenvalue weighted by atomic mass is 10.0. The molecule has 5 nitrogen and oxygen atoms in total. The number of aromatic nitrogens is 3. The molecule has 2 aromatic rings. The summed E-state index contributed by atoms with van der Waals surface area (Å²) in [5.74, 6) is 0.237. The van der Waals surface area contributed by atoms with Crippen LogP contribution in [0.2, 0.25) is 0 Å². The van der Waals surface area contributed by atoms with E-state index in [0.717, 1.165) is 38.2 Å². The Labute approximate surface area is 140 Å². The Morgan fingerprint density at radius 2 is 2.13 bits per heavy atom. The molecule has 0 spiro atoms. The quantitative estimate of drug-likeness (QED) is 0.927. The van der Waals surface area contributed by atoms with Crippen LogP contribution in [-0.4, -0.2) is 44.2 Å². The first-order valence-corrected chi connectivity index (χ1v) is 9.22. The first kappa shape index (κ1) is 15.2. The highest BCUT2D eigenvalue weighted by atomic mass is 32.1. The van der Waals surface area contributed by atoms with Crippen LogP contribution in [0.25, 0.3) is 0 Å². The molecule has 2 aromatic heterocycles. The summed E-state index contributed by atoms with van der Waals surface area (Å²) in [5, 5.41) is 11.6. The number of fused-ring (bicyclic) bond motifs is 1. The molecule has 1 aliphatic heterocycles. The third-order valence-electron chi connectivity index (χ3n) is 4.82. The van der Waals surface area contributed by atoms with Gasteiger partial charge >= 0.3 is 0 Å². The zero-order chi connectivity index (χ0) is 15.6. The van der Waals surface area contributed by atoms with E-state index in [0.29, 0.717) is 0 Å². The normalized spacial score (nSPS) is 24.7. The summed E-state index contributed by atoms with van der Waals surface area (Å²) < 4.78 is 0. The summed E-state index contributed by atoms with van der Waals surface area (Å²) >= 11 is 1.87. The predicted octanol–water partition coefficient (Wildman–Crippen LogP) is 1.85. The standard InChI is InChI=1S/C17H22N4OS/c22-15-10-21(9-12(15)7-13-8-18-5-6-19-13)11-17-20-14-3-1-2-4-16(14)23-17/h5-6,8,12,15,22H,1-4,7,9-11H2/t12-,15-/m1/s1. The average molecular weight is 330 g/mol. The van der Waals surface area contributed by atoms with Gasteiger partial charge in [0.1, 0.15) is 5.01 Å². The van der Waals surface area contributed by atoms with Crippen molar-refractivity contribution in [1.82, 2.24) is 19.9 Å². The Kier molecular flexibility index (Phi) is 4.37. The molecule has 0 unspecified atom stereocenters. The molecule has 0 bridgehead atoms. The van der Waals surface area contributed by atoms with E-state index in [4.69, 9.17) is 4.98 Å². The second kappa shape index (κ2) is 6.63. The van der Waals surface area contributed by atoms with E-state index in [9.17, 15) is 5.11 Å². The zero-order valence-electron chi connectivity index (χ0n) is 13.2. The first-order chi connectivity index (χ1) is 11.3.